The van der Waals surface area contributed by atoms with Gasteiger partial charge in [-0.15, -0.1) is 0 Å². The van der Waals surface area contributed by atoms with Crippen molar-refractivity contribution in [3.05, 3.63) is 59.4 Å². The molecule has 4 rings (SSSR count). The van der Waals surface area contributed by atoms with Gasteiger partial charge in [0.2, 0.25) is 5.91 Å². The summed E-state index contributed by atoms with van der Waals surface area (Å²) in [5, 5.41) is 2.63. The molecule has 0 aromatic heterocycles. The van der Waals surface area contributed by atoms with E-state index < -0.39 is 12.2 Å². The molecule has 2 aromatic carbocycles. The zero-order valence-electron chi connectivity index (χ0n) is 15.7. The Hall–Kier alpha value is -3.09. The van der Waals surface area contributed by atoms with Crippen LogP contribution in [0.15, 0.2) is 42.5 Å². The molecule has 7 heteroatoms. The van der Waals surface area contributed by atoms with Gasteiger partial charge in [0.25, 0.3) is 0 Å². The number of fused-ring (bicyclic) bond motifs is 1. The number of carbonyl (C=O) groups is 2. The Morgan fingerprint density at radius 3 is 2.79 bits per heavy atom. The second-order valence-electron chi connectivity index (χ2n) is 7.13. The maximum atomic E-state index is 14.9. The zero-order chi connectivity index (χ0) is 19.7. The van der Waals surface area contributed by atoms with Gasteiger partial charge in [0, 0.05) is 20.0 Å². The normalized spacial score (nSPS) is 18.6. The van der Waals surface area contributed by atoms with Crippen molar-refractivity contribution < 1.29 is 18.7 Å². The molecule has 1 N–H and O–H groups in total. The van der Waals surface area contributed by atoms with Crippen LogP contribution in [0.3, 0.4) is 0 Å². The van der Waals surface area contributed by atoms with E-state index in [1.165, 1.54) is 29.0 Å². The number of halogens is 1. The van der Waals surface area contributed by atoms with Crippen molar-refractivity contribution in [3.8, 4) is 0 Å². The number of anilines is 2. The molecule has 1 atom stereocenters. The van der Waals surface area contributed by atoms with Crippen molar-refractivity contribution in [2.24, 2.45) is 0 Å². The Labute approximate surface area is 162 Å². The molecule has 2 aliphatic rings. The molecule has 0 aliphatic carbocycles. The van der Waals surface area contributed by atoms with Gasteiger partial charge in [-0.1, -0.05) is 24.3 Å². The molecule has 2 amide bonds. The number of ether oxygens (including phenoxy) is 1. The minimum Gasteiger partial charge on any atom is -0.442 e. The lowest BCUT2D eigenvalue weighted by Crippen LogP contribution is -2.33. The Balaban J connectivity index is 1.48. The second kappa shape index (κ2) is 7.50. The van der Waals surface area contributed by atoms with Gasteiger partial charge in [-0.2, -0.15) is 0 Å². The SMILES string of the molecule is CC(=O)NC[C@H]1CN(c2ccc(N3CCc4ccccc4C3)c(F)c2)C(=O)O1. The van der Waals surface area contributed by atoms with Crippen LogP contribution in [0, 0.1) is 5.82 Å². The number of benzene rings is 2. The number of nitrogens with zero attached hydrogens (tertiary/aromatic N) is 2. The lowest BCUT2D eigenvalue weighted by Gasteiger charge is -2.31. The number of cyclic esters (lactones) is 1. The summed E-state index contributed by atoms with van der Waals surface area (Å²) in [5.41, 5.74) is 3.50. The fourth-order valence-corrected chi connectivity index (χ4v) is 3.72. The van der Waals surface area contributed by atoms with Gasteiger partial charge in [-0.25, -0.2) is 9.18 Å². The van der Waals surface area contributed by atoms with E-state index in [1.54, 1.807) is 12.1 Å². The van der Waals surface area contributed by atoms with Gasteiger partial charge >= 0.3 is 6.09 Å². The monoisotopic (exact) mass is 383 g/mol. The molecule has 1 saturated heterocycles. The summed E-state index contributed by atoms with van der Waals surface area (Å²) in [6, 6.07) is 13.0. The quantitative estimate of drug-likeness (QED) is 0.882. The fraction of sp³-hybridized carbons (Fsp3) is 0.333. The summed E-state index contributed by atoms with van der Waals surface area (Å²) in [5.74, 6) is -0.553. The van der Waals surface area contributed by atoms with Crippen LogP contribution in [0.25, 0.3) is 0 Å². The average Bonchev–Trinajstić information content (AvgIpc) is 3.06. The van der Waals surface area contributed by atoms with E-state index >= 15 is 0 Å². The third-order valence-electron chi connectivity index (χ3n) is 5.17. The molecule has 28 heavy (non-hydrogen) atoms. The molecule has 2 aliphatic heterocycles. The van der Waals surface area contributed by atoms with Crippen molar-refractivity contribution in [1.82, 2.24) is 5.32 Å². The first-order valence-corrected chi connectivity index (χ1v) is 9.35. The van der Waals surface area contributed by atoms with Crippen LogP contribution in [-0.2, 0) is 22.5 Å². The first-order chi connectivity index (χ1) is 13.5. The topological polar surface area (TPSA) is 61.9 Å². The van der Waals surface area contributed by atoms with Crippen LogP contribution in [0.5, 0.6) is 0 Å². The minimum atomic E-state index is -0.533. The molecule has 0 saturated carbocycles. The molecule has 0 spiro atoms. The zero-order valence-corrected chi connectivity index (χ0v) is 15.7. The molecule has 2 heterocycles. The third-order valence-corrected chi connectivity index (χ3v) is 5.17. The summed E-state index contributed by atoms with van der Waals surface area (Å²) in [6.07, 6.45) is -0.104. The highest BCUT2D eigenvalue weighted by Crippen LogP contribution is 2.30. The molecular weight excluding hydrogens is 361 g/mol. The lowest BCUT2D eigenvalue weighted by molar-refractivity contribution is -0.119. The maximum Gasteiger partial charge on any atom is 0.414 e. The number of rotatable bonds is 4. The number of hydrogen-bond acceptors (Lipinski definition) is 4. The van der Waals surface area contributed by atoms with Crippen LogP contribution in [-0.4, -0.2) is 37.7 Å². The van der Waals surface area contributed by atoms with E-state index in [9.17, 15) is 14.0 Å². The Morgan fingerprint density at radius 2 is 2.04 bits per heavy atom. The summed E-state index contributed by atoms with van der Waals surface area (Å²) >= 11 is 0. The molecule has 0 bridgehead atoms. The molecular formula is C21H22FN3O3. The van der Waals surface area contributed by atoms with Crippen LogP contribution in [0.4, 0.5) is 20.6 Å². The van der Waals surface area contributed by atoms with Crippen LogP contribution in [0.2, 0.25) is 0 Å². The molecule has 0 radical (unpaired) electrons. The summed E-state index contributed by atoms with van der Waals surface area (Å²) in [7, 11) is 0. The summed E-state index contributed by atoms with van der Waals surface area (Å²) < 4.78 is 20.1. The van der Waals surface area contributed by atoms with Gasteiger partial charge in [0.05, 0.1) is 24.5 Å². The highest BCUT2D eigenvalue weighted by atomic mass is 19.1. The number of amides is 2. The second-order valence-corrected chi connectivity index (χ2v) is 7.13. The van der Waals surface area contributed by atoms with Crippen LogP contribution in [0.1, 0.15) is 18.1 Å². The van der Waals surface area contributed by atoms with Gasteiger partial charge in [0.15, 0.2) is 0 Å². The molecule has 1 fully saturated rings. The van der Waals surface area contributed by atoms with Gasteiger partial charge < -0.3 is 15.0 Å². The average molecular weight is 383 g/mol. The van der Waals surface area contributed by atoms with E-state index in [0.29, 0.717) is 17.9 Å². The summed E-state index contributed by atoms with van der Waals surface area (Å²) in [4.78, 5) is 26.6. The molecule has 146 valence electrons. The van der Waals surface area contributed by atoms with E-state index in [0.717, 1.165) is 13.0 Å². The standard InChI is InChI=1S/C21H22FN3O3/c1-14(26)23-11-18-13-25(21(27)28-18)17-6-7-20(19(22)10-17)24-9-8-15-4-2-3-5-16(15)12-24/h2-7,10,18H,8-9,11-13H2,1H3,(H,23,26)/t18-/m0/s1. The molecule has 0 unspecified atom stereocenters. The number of hydrogen-bond donors (Lipinski definition) is 1. The van der Waals surface area contributed by atoms with Gasteiger partial charge in [0.1, 0.15) is 11.9 Å². The van der Waals surface area contributed by atoms with Crippen molar-refractivity contribution in [3.63, 3.8) is 0 Å². The predicted octanol–water partition coefficient (Wildman–Crippen LogP) is 2.85. The van der Waals surface area contributed by atoms with E-state index in [4.69, 9.17) is 4.74 Å². The first kappa shape index (κ1) is 18.3. The fourth-order valence-electron chi connectivity index (χ4n) is 3.72. The molecule has 6 nitrogen and oxygen atoms in total. The predicted molar refractivity (Wildman–Crippen MR) is 104 cm³/mol. The number of nitrogens with one attached hydrogen (secondary N) is 1. The summed E-state index contributed by atoms with van der Waals surface area (Å²) in [6.45, 7) is 3.33. The number of carbonyl (C=O) groups excluding carboxylic acids is 2. The van der Waals surface area contributed by atoms with Crippen molar-refractivity contribution in [2.45, 2.75) is 26.0 Å². The smallest absolute Gasteiger partial charge is 0.414 e. The van der Waals surface area contributed by atoms with Crippen LogP contribution >= 0.6 is 0 Å². The maximum absolute atomic E-state index is 14.9. The largest absolute Gasteiger partial charge is 0.442 e. The highest BCUT2D eigenvalue weighted by molar-refractivity contribution is 5.90. The Kier molecular flexibility index (Phi) is 4.90. The first-order valence-electron chi connectivity index (χ1n) is 9.35. The van der Waals surface area contributed by atoms with Gasteiger partial charge in [-0.3, -0.25) is 9.69 Å². The van der Waals surface area contributed by atoms with E-state index in [-0.39, 0.29) is 24.8 Å². The van der Waals surface area contributed by atoms with E-state index in [1.807, 2.05) is 17.0 Å². The minimum absolute atomic E-state index is 0.187. The molecule has 2 aromatic rings. The third kappa shape index (κ3) is 3.65. The highest BCUT2D eigenvalue weighted by Gasteiger charge is 2.33. The van der Waals surface area contributed by atoms with Crippen molar-refractivity contribution in [1.29, 1.82) is 0 Å². The van der Waals surface area contributed by atoms with Crippen molar-refractivity contribution >= 4 is 23.4 Å². The van der Waals surface area contributed by atoms with Crippen molar-refractivity contribution in [2.75, 3.05) is 29.4 Å². The lowest BCUT2D eigenvalue weighted by atomic mass is 9.99. The van der Waals surface area contributed by atoms with E-state index in [2.05, 4.69) is 17.4 Å². The Morgan fingerprint density at radius 1 is 1.25 bits per heavy atom. The Bertz CT molecular complexity index is 918. The van der Waals surface area contributed by atoms with Gasteiger partial charge in [-0.05, 0) is 35.7 Å². The van der Waals surface area contributed by atoms with Crippen LogP contribution < -0.4 is 15.1 Å².